The van der Waals surface area contributed by atoms with Crippen LogP contribution in [-0.4, -0.2) is 24.2 Å². The summed E-state index contributed by atoms with van der Waals surface area (Å²) < 4.78 is 6.10. The number of aromatic nitrogens is 1. The van der Waals surface area contributed by atoms with Crippen LogP contribution in [0.1, 0.15) is 45.5 Å². The predicted octanol–water partition coefficient (Wildman–Crippen LogP) is 3.36. The summed E-state index contributed by atoms with van der Waals surface area (Å²) in [5.74, 6) is 1.61. The minimum atomic E-state index is 0.216. The van der Waals surface area contributed by atoms with Gasteiger partial charge in [0.15, 0.2) is 0 Å². The molecule has 1 unspecified atom stereocenters. The summed E-state index contributed by atoms with van der Waals surface area (Å²) in [7, 11) is 0. The summed E-state index contributed by atoms with van der Waals surface area (Å²) in [5.41, 5.74) is 2.11. The van der Waals surface area contributed by atoms with Crippen molar-refractivity contribution in [2.75, 3.05) is 13.1 Å². The molecule has 1 atom stereocenters. The monoisotopic (exact) mass is 264 g/mol. The normalized spacial score (nSPS) is 12.7. The molecule has 108 valence electrons. The lowest BCUT2D eigenvalue weighted by Crippen LogP contribution is -2.33. The van der Waals surface area contributed by atoms with Gasteiger partial charge in [0.25, 0.3) is 0 Å². The highest BCUT2D eigenvalue weighted by Gasteiger charge is 2.11. The standard InChI is InChI=1S/C16H28N2O/c1-6-14(11-17-10-12(3)4)19-16-9-8-13(5)18-15(16)7-2/h8-9,12,14,17H,6-7,10-11H2,1-5H3. The second kappa shape index (κ2) is 8.16. The van der Waals surface area contributed by atoms with Gasteiger partial charge in [-0.3, -0.25) is 4.98 Å². The molecular formula is C16H28N2O. The molecule has 1 aromatic heterocycles. The first kappa shape index (κ1) is 16.0. The lowest BCUT2D eigenvalue weighted by molar-refractivity contribution is 0.189. The van der Waals surface area contributed by atoms with E-state index in [1.165, 1.54) is 0 Å². The van der Waals surface area contributed by atoms with Gasteiger partial charge in [-0.15, -0.1) is 0 Å². The molecule has 1 aromatic rings. The summed E-state index contributed by atoms with van der Waals surface area (Å²) >= 11 is 0. The van der Waals surface area contributed by atoms with Crippen molar-refractivity contribution >= 4 is 0 Å². The smallest absolute Gasteiger partial charge is 0.141 e. The van der Waals surface area contributed by atoms with Crippen molar-refractivity contribution < 1.29 is 4.74 Å². The first-order valence-corrected chi connectivity index (χ1v) is 7.40. The Morgan fingerprint density at radius 2 is 1.95 bits per heavy atom. The number of rotatable bonds is 8. The zero-order valence-electron chi connectivity index (χ0n) is 13.0. The van der Waals surface area contributed by atoms with Crippen molar-refractivity contribution in [3.8, 4) is 5.75 Å². The van der Waals surface area contributed by atoms with Crippen LogP contribution in [0.25, 0.3) is 0 Å². The third-order valence-electron chi connectivity index (χ3n) is 3.08. The third kappa shape index (κ3) is 5.60. The maximum atomic E-state index is 6.10. The molecule has 0 fully saturated rings. The number of nitrogens with zero attached hydrogens (tertiary/aromatic N) is 1. The Balaban J connectivity index is 2.59. The fourth-order valence-electron chi connectivity index (χ4n) is 1.94. The summed E-state index contributed by atoms with van der Waals surface area (Å²) in [5, 5.41) is 3.46. The van der Waals surface area contributed by atoms with Crippen LogP contribution in [0.3, 0.4) is 0 Å². The highest BCUT2D eigenvalue weighted by Crippen LogP contribution is 2.19. The zero-order chi connectivity index (χ0) is 14.3. The molecule has 0 aliphatic heterocycles. The maximum Gasteiger partial charge on any atom is 0.141 e. The summed E-state index contributed by atoms with van der Waals surface area (Å²) in [6, 6.07) is 4.06. The molecule has 0 spiro atoms. The van der Waals surface area contributed by atoms with Crippen molar-refractivity contribution in [1.82, 2.24) is 10.3 Å². The largest absolute Gasteiger partial charge is 0.487 e. The van der Waals surface area contributed by atoms with E-state index in [1.54, 1.807) is 0 Å². The van der Waals surface area contributed by atoms with Gasteiger partial charge in [0, 0.05) is 12.2 Å². The van der Waals surface area contributed by atoms with E-state index in [0.29, 0.717) is 5.92 Å². The van der Waals surface area contributed by atoms with Gasteiger partial charge in [-0.05, 0) is 44.4 Å². The van der Waals surface area contributed by atoms with E-state index in [0.717, 1.165) is 43.1 Å². The molecule has 19 heavy (non-hydrogen) atoms. The molecule has 0 amide bonds. The highest BCUT2D eigenvalue weighted by molar-refractivity contribution is 5.29. The molecule has 0 radical (unpaired) electrons. The van der Waals surface area contributed by atoms with Crippen LogP contribution in [0.15, 0.2) is 12.1 Å². The lowest BCUT2D eigenvalue weighted by Gasteiger charge is -2.20. The molecule has 1 rings (SSSR count). The van der Waals surface area contributed by atoms with Crippen molar-refractivity contribution in [3.05, 3.63) is 23.5 Å². The fourth-order valence-corrected chi connectivity index (χ4v) is 1.94. The van der Waals surface area contributed by atoms with Gasteiger partial charge in [0.1, 0.15) is 11.9 Å². The number of hydrogen-bond acceptors (Lipinski definition) is 3. The van der Waals surface area contributed by atoms with E-state index in [2.05, 4.69) is 38.0 Å². The molecule has 3 heteroatoms. The van der Waals surface area contributed by atoms with Crippen LogP contribution in [0.4, 0.5) is 0 Å². The van der Waals surface area contributed by atoms with E-state index in [-0.39, 0.29) is 6.10 Å². The molecular weight excluding hydrogens is 236 g/mol. The number of ether oxygens (including phenoxy) is 1. The van der Waals surface area contributed by atoms with Gasteiger partial charge >= 0.3 is 0 Å². The fraction of sp³-hybridized carbons (Fsp3) is 0.688. The molecule has 0 aromatic carbocycles. The van der Waals surface area contributed by atoms with E-state index in [4.69, 9.17) is 4.74 Å². The molecule has 1 N–H and O–H groups in total. The molecule has 0 bridgehead atoms. The zero-order valence-corrected chi connectivity index (χ0v) is 13.0. The van der Waals surface area contributed by atoms with Crippen LogP contribution >= 0.6 is 0 Å². The van der Waals surface area contributed by atoms with Gasteiger partial charge in [-0.25, -0.2) is 0 Å². The second-order valence-electron chi connectivity index (χ2n) is 5.45. The average Bonchev–Trinajstić information content (AvgIpc) is 2.38. The van der Waals surface area contributed by atoms with Crippen LogP contribution in [0, 0.1) is 12.8 Å². The molecule has 0 saturated heterocycles. The summed E-state index contributed by atoms with van der Waals surface area (Å²) in [4.78, 5) is 4.54. The van der Waals surface area contributed by atoms with E-state index < -0.39 is 0 Å². The Hall–Kier alpha value is -1.09. The van der Waals surface area contributed by atoms with Crippen molar-refractivity contribution in [2.24, 2.45) is 5.92 Å². The second-order valence-corrected chi connectivity index (χ2v) is 5.45. The highest BCUT2D eigenvalue weighted by atomic mass is 16.5. The van der Waals surface area contributed by atoms with Gasteiger partial charge in [-0.1, -0.05) is 27.7 Å². The Labute approximate surface area is 117 Å². The third-order valence-corrected chi connectivity index (χ3v) is 3.08. The van der Waals surface area contributed by atoms with E-state index >= 15 is 0 Å². The lowest BCUT2D eigenvalue weighted by atomic mass is 10.2. The van der Waals surface area contributed by atoms with E-state index in [9.17, 15) is 0 Å². The SMILES string of the molecule is CCc1nc(C)ccc1OC(CC)CNCC(C)C. The Kier molecular flexibility index (Phi) is 6.85. The van der Waals surface area contributed by atoms with Crippen molar-refractivity contribution in [3.63, 3.8) is 0 Å². The van der Waals surface area contributed by atoms with Crippen molar-refractivity contribution in [2.45, 2.75) is 53.6 Å². The number of aryl methyl sites for hydroxylation is 2. The Morgan fingerprint density at radius 1 is 1.21 bits per heavy atom. The molecule has 0 aliphatic rings. The predicted molar refractivity (Wildman–Crippen MR) is 80.8 cm³/mol. The summed E-state index contributed by atoms with van der Waals surface area (Å²) in [6.07, 6.45) is 2.13. The molecule has 0 saturated carbocycles. The Bertz CT molecular complexity index is 377. The Morgan fingerprint density at radius 3 is 2.53 bits per heavy atom. The van der Waals surface area contributed by atoms with Crippen LogP contribution in [0.2, 0.25) is 0 Å². The van der Waals surface area contributed by atoms with Gasteiger partial charge in [-0.2, -0.15) is 0 Å². The molecule has 1 heterocycles. The first-order valence-electron chi connectivity index (χ1n) is 7.40. The summed E-state index contributed by atoms with van der Waals surface area (Å²) in [6.45, 7) is 12.7. The maximum absolute atomic E-state index is 6.10. The molecule has 3 nitrogen and oxygen atoms in total. The number of pyridine rings is 1. The number of hydrogen-bond donors (Lipinski definition) is 1. The van der Waals surface area contributed by atoms with Crippen LogP contribution in [-0.2, 0) is 6.42 Å². The van der Waals surface area contributed by atoms with Crippen LogP contribution in [0.5, 0.6) is 5.75 Å². The minimum absolute atomic E-state index is 0.216. The topological polar surface area (TPSA) is 34.1 Å². The molecule has 0 aliphatic carbocycles. The first-order chi connectivity index (χ1) is 9.06. The van der Waals surface area contributed by atoms with Crippen molar-refractivity contribution in [1.29, 1.82) is 0 Å². The average molecular weight is 264 g/mol. The van der Waals surface area contributed by atoms with Crippen LogP contribution < -0.4 is 10.1 Å². The van der Waals surface area contributed by atoms with E-state index in [1.807, 2.05) is 19.1 Å². The van der Waals surface area contributed by atoms with Gasteiger partial charge < -0.3 is 10.1 Å². The minimum Gasteiger partial charge on any atom is -0.487 e. The van der Waals surface area contributed by atoms with Gasteiger partial charge in [0.2, 0.25) is 0 Å². The quantitative estimate of drug-likeness (QED) is 0.782. The van der Waals surface area contributed by atoms with Gasteiger partial charge in [0.05, 0.1) is 5.69 Å². The number of nitrogens with one attached hydrogen (secondary N) is 1.